The predicted octanol–water partition coefficient (Wildman–Crippen LogP) is -0.685. The number of carbonyl (C=O) groups is 4. The van der Waals surface area contributed by atoms with Crippen molar-refractivity contribution in [1.82, 2.24) is 19.6 Å². The molecule has 0 aromatic heterocycles. The summed E-state index contributed by atoms with van der Waals surface area (Å²) in [5.41, 5.74) is 0. The minimum absolute atomic E-state index is 0.0520. The van der Waals surface area contributed by atoms with E-state index in [4.69, 9.17) is 0 Å². The number of ketones is 4. The summed E-state index contributed by atoms with van der Waals surface area (Å²) >= 11 is 0. The number of hydrogen-bond acceptors (Lipinski definition) is 9. The third-order valence-corrected chi connectivity index (χ3v) is 5.26. The zero-order valence-electron chi connectivity index (χ0n) is 19.6. The van der Waals surface area contributed by atoms with Gasteiger partial charge in [0.1, 0.15) is 23.1 Å². The van der Waals surface area contributed by atoms with Crippen LogP contribution in [-0.4, -0.2) is 132 Å². The Morgan fingerprint density at radius 3 is 1.13 bits per heavy atom. The maximum atomic E-state index is 11.7. The lowest BCUT2D eigenvalue weighted by molar-refractivity contribution is -0.120. The SMILES string of the molecule is CC(=O)CC(O)CN1CCN(CC(C)=O)CCN(CC(C)=O)CCN(CC(C)=O)CC1. The maximum Gasteiger partial charge on any atom is 0.143 e. The van der Waals surface area contributed by atoms with Crippen molar-refractivity contribution >= 4 is 23.1 Å². The number of β-amino-alcohol motifs (C(OH)–C–C–N with tert-alkyl or cyclic N) is 1. The van der Waals surface area contributed by atoms with Crippen LogP contribution in [0.4, 0.5) is 0 Å². The summed E-state index contributed by atoms with van der Waals surface area (Å²) in [6, 6.07) is 0. The van der Waals surface area contributed by atoms with Gasteiger partial charge in [0.2, 0.25) is 0 Å². The highest BCUT2D eigenvalue weighted by molar-refractivity contribution is 5.78. The number of hydrogen-bond donors (Lipinski definition) is 1. The molecule has 0 aromatic rings. The Kier molecular flexibility index (Phi) is 12.9. The van der Waals surface area contributed by atoms with Gasteiger partial charge in [-0.1, -0.05) is 0 Å². The van der Waals surface area contributed by atoms with Crippen LogP contribution in [0.5, 0.6) is 0 Å². The van der Waals surface area contributed by atoms with E-state index in [9.17, 15) is 24.3 Å². The molecule has 0 radical (unpaired) electrons. The van der Waals surface area contributed by atoms with Crippen LogP contribution in [0.2, 0.25) is 0 Å². The maximum absolute atomic E-state index is 11.7. The molecule has 0 bridgehead atoms. The molecule has 0 aromatic carbocycles. The van der Waals surface area contributed by atoms with Crippen molar-refractivity contribution in [2.75, 3.05) is 78.5 Å². The summed E-state index contributed by atoms with van der Waals surface area (Å²) in [7, 11) is 0. The molecule has 9 heteroatoms. The van der Waals surface area contributed by atoms with Crippen LogP contribution in [0.15, 0.2) is 0 Å². The molecule has 9 nitrogen and oxygen atoms in total. The third kappa shape index (κ3) is 13.5. The molecular weight excluding hydrogens is 400 g/mol. The molecule has 0 saturated carbocycles. The van der Waals surface area contributed by atoms with Crippen molar-refractivity contribution in [3.63, 3.8) is 0 Å². The summed E-state index contributed by atoms with van der Waals surface area (Å²) in [5, 5.41) is 10.3. The van der Waals surface area contributed by atoms with E-state index in [1.165, 1.54) is 6.92 Å². The molecular formula is C22H40N4O5. The Balaban J connectivity index is 2.93. The van der Waals surface area contributed by atoms with Gasteiger partial charge in [0, 0.05) is 65.3 Å². The van der Waals surface area contributed by atoms with E-state index >= 15 is 0 Å². The van der Waals surface area contributed by atoms with Crippen molar-refractivity contribution in [2.45, 2.75) is 40.2 Å². The number of carbonyl (C=O) groups excluding carboxylic acids is 4. The van der Waals surface area contributed by atoms with E-state index in [1.807, 2.05) is 0 Å². The van der Waals surface area contributed by atoms with Crippen LogP contribution in [-0.2, 0) is 19.2 Å². The highest BCUT2D eigenvalue weighted by atomic mass is 16.3. The van der Waals surface area contributed by atoms with Crippen molar-refractivity contribution in [2.24, 2.45) is 0 Å². The molecule has 1 atom stereocenters. The minimum atomic E-state index is -0.737. The lowest BCUT2D eigenvalue weighted by Gasteiger charge is -2.34. The first-order valence-corrected chi connectivity index (χ1v) is 11.1. The average molecular weight is 441 g/mol. The number of rotatable bonds is 10. The van der Waals surface area contributed by atoms with Gasteiger partial charge in [0.05, 0.1) is 25.7 Å². The fourth-order valence-electron chi connectivity index (χ4n) is 3.87. The first kappa shape index (κ1) is 27.5. The zero-order valence-corrected chi connectivity index (χ0v) is 19.6. The number of aliphatic hydroxyl groups is 1. The number of nitrogens with zero attached hydrogens (tertiary/aromatic N) is 4. The lowest BCUT2D eigenvalue weighted by Crippen LogP contribution is -2.49. The minimum Gasteiger partial charge on any atom is -0.391 e. The molecule has 1 fully saturated rings. The van der Waals surface area contributed by atoms with Crippen LogP contribution >= 0.6 is 0 Å². The summed E-state index contributed by atoms with van der Waals surface area (Å²) in [6.07, 6.45) is -0.621. The van der Waals surface area contributed by atoms with Crippen LogP contribution in [0.25, 0.3) is 0 Å². The van der Waals surface area contributed by atoms with Gasteiger partial charge in [0.25, 0.3) is 0 Å². The Morgan fingerprint density at radius 1 is 0.581 bits per heavy atom. The summed E-state index contributed by atoms with van der Waals surface area (Å²) in [6.45, 7) is 12.8. The highest BCUT2D eigenvalue weighted by Gasteiger charge is 2.20. The van der Waals surface area contributed by atoms with E-state index in [2.05, 4.69) is 19.6 Å². The van der Waals surface area contributed by atoms with Crippen LogP contribution in [0.3, 0.4) is 0 Å². The first-order valence-electron chi connectivity index (χ1n) is 11.1. The second kappa shape index (κ2) is 14.5. The molecule has 0 spiro atoms. The smallest absolute Gasteiger partial charge is 0.143 e. The third-order valence-electron chi connectivity index (χ3n) is 5.26. The fraction of sp³-hybridized carbons (Fsp3) is 0.818. The number of aliphatic hydroxyl groups excluding tert-OH is 1. The lowest BCUT2D eigenvalue weighted by atomic mass is 10.2. The van der Waals surface area contributed by atoms with E-state index in [-0.39, 0.29) is 29.6 Å². The van der Waals surface area contributed by atoms with Crippen LogP contribution in [0, 0.1) is 0 Å². The van der Waals surface area contributed by atoms with Gasteiger partial charge >= 0.3 is 0 Å². The molecule has 1 rings (SSSR count). The van der Waals surface area contributed by atoms with Crippen molar-refractivity contribution < 1.29 is 24.3 Å². The zero-order chi connectivity index (χ0) is 23.4. The summed E-state index contributed by atoms with van der Waals surface area (Å²) in [5.74, 6) is 0.208. The van der Waals surface area contributed by atoms with Gasteiger partial charge in [-0.3, -0.25) is 38.8 Å². The quantitative estimate of drug-likeness (QED) is 0.473. The number of Topliss-reactive ketones (excluding diaryl/α,β-unsaturated/α-hetero) is 4. The average Bonchev–Trinajstić information content (AvgIpc) is 2.62. The van der Waals surface area contributed by atoms with Crippen molar-refractivity contribution in [3.05, 3.63) is 0 Å². The van der Waals surface area contributed by atoms with E-state index in [1.54, 1.807) is 20.8 Å². The molecule has 0 aliphatic carbocycles. The molecule has 1 unspecified atom stereocenters. The van der Waals surface area contributed by atoms with Gasteiger partial charge in [0.15, 0.2) is 0 Å². The molecule has 0 amide bonds. The normalized spacial score (nSPS) is 19.9. The first-order chi connectivity index (χ1) is 14.5. The summed E-state index contributed by atoms with van der Waals surface area (Å²) in [4.78, 5) is 54.9. The Hall–Kier alpha value is -1.52. The van der Waals surface area contributed by atoms with Crippen molar-refractivity contribution in [3.8, 4) is 0 Å². The van der Waals surface area contributed by atoms with Gasteiger partial charge in [-0.2, -0.15) is 0 Å². The molecule has 1 saturated heterocycles. The molecule has 1 aliphatic heterocycles. The standard InChI is InChI=1S/C22H40N4O5/c1-18(27)13-22(31)17-26-11-9-24(15-20(3)29)7-5-23(14-19(2)28)6-8-25(10-12-26)16-21(4)30/h22,31H,5-17H2,1-4H3. The Bertz CT molecular complexity index is 581. The molecule has 178 valence electrons. The van der Waals surface area contributed by atoms with Gasteiger partial charge in [-0.25, -0.2) is 0 Å². The second-order valence-electron chi connectivity index (χ2n) is 8.80. The Morgan fingerprint density at radius 2 is 0.871 bits per heavy atom. The second-order valence-corrected chi connectivity index (χ2v) is 8.80. The van der Waals surface area contributed by atoms with Crippen LogP contribution in [0.1, 0.15) is 34.1 Å². The monoisotopic (exact) mass is 440 g/mol. The van der Waals surface area contributed by atoms with Crippen molar-refractivity contribution in [1.29, 1.82) is 0 Å². The molecule has 1 N–H and O–H groups in total. The Labute approximate surface area is 186 Å². The van der Waals surface area contributed by atoms with Gasteiger partial charge < -0.3 is 5.11 Å². The molecule has 1 heterocycles. The molecule has 1 aliphatic rings. The fourth-order valence-corrected chi connectivity index (χ4v) is 3.87. The predicted molar refractivity (Wildman–Crippen MR) is 119 cm³/mol. The van der Waals surface area contributed by atoms with E-state index in [0.717, 1.165) is 0 Å². The largest absolute Gasteiger partial charge is 0.391 e. The summed E-state index contributed by atoms with van der Waals surface area (Å²) < 4.78 is 0. The van der Waals surface area contributed by atoms with Gasteiger partial charge in [-0.05, 0) is 27.7 Å². The topological polar surface area (TPSA) is 101 Å². The van der Waals surface area contributed by atoms with E-state index < -0.39 is 6.10 Å². The highest BCUT2D eigenvalue weighted by Crippen LogP contribution is 2.04. The molecule has 31 heavy (non-hydrogen) atoms. The van der Waals surface area contributed by atoms with E-state index in [0.29, 0.717) is 78.5 Å². The van der Waals surface area contributed by atoms with Crippen LogP contribution < -0.4 is 0 Å². The van der Waals surface area contributed by atoms with Gasteiger partial charge in [-0.15, -0.1) is 0 Å².